The van der Waals surface area contributed by atoms with E-state index < -0.39 is 0 Å². The lowest BCUT2D eigenvalue weighted by molar-refractivity contribution is -0.119. The first-order chi connectivity index (χ1) is 10.1. The molecule has 1 aliphatic heterocycles. The van der Waals surface area contributed by atoms with Gasteiger partial charge in [0, 0.05) is 34.6 Å². The van der Waals surface area contributed by atoms with E-state index in [0.29, 0.717) is 23.9 Å². The molecule has 0 N–H and O–H groups in total. The fourth-order valence-corrected chi connectivity index (χ4v) is 3.16. The van der Waals surface area contributed by atoms with Crippen LogP contribution in [0.2, 0.25) is 10.0 Å². The molecule has 1 heterocycles. The van der Waals surface area contributed by atoms with Gasteiger partial charge in [-0.1, -0.05) is 41.4 Å². The van der Waals surface area contributed by atoms with E-state index in [9.17, 15) is 4.79 Å². The van der Waals surface area contributed by atoms with Gasteiger partial charge in [-0.2, -0.15) is 0 Å². The Bertz CT molecular complexity index is 671. The first-order valence-corrected chi connectivity index (χ1v) is 7.70. The summed E-state index contributed by atoms with van der Waals surface area (Å²) < 4.78 is 0. The lowest BCUT2D eigenvalue weighted by Crippen LogP contribution is -2.39. The molecule has 3 rings (SSSR count). The lowest BCUT2D eigenvalue weighted by atomic mass is 9.90. The Hall–Kier alpha value is -1.51. The quantitative estimate of drug-likeness (QED) is 0.770. The highest BCUT2D eigenvalue weighted by Gasteiger charge is 2.27. The van der Waals surface area contributed by atoms with Gasteiger partial charge in [0.25, 0.3) is 0 Å². The number of benzene rings is 2. The van der Waals surface area contributed by atoms with Crippen molar-refractivity contribution in [1.82, 2.24) is 0 Å². The molecule has 0 aliphatic carbocycles. The molecule has 1 saturated heterocycles. The molecular weight excluding hydrogens is 305 g/mol. The number of amides is 1. The summed E-state index contributed by atoms with van der Waals surface area (Å²) in [4.78, 5) is 14.0. The van der Waals surface area contributed by atoms with Crippen molar-refractivity contribution in [3.05, 3.63) is 64.1 Å². The molecule has 1 aliphatic rings. The number of hydrogen-bond donors (Lipinski definition) is 0. The largest absolute Gasteiger partial charge is 0.312 e. The van der Waals surface area contributed by atoms with Gasteiger partial charge < -0.3 is 4.90 Å². The molecule has 2 nitrogen and oxygen atoms in total. The monoisotopic (exact) mass is 319 g/mol. The SMILES string of the molecule is O=C1CC[C@H](c2cccc(Cl)c2)CN1c1cccc(Cl)c1. The molecule has 21 heavy (non-hydrogen) atoms. The molecule has 0 aromatic heterocycles. The maximum absolute atomic E-state index is 12.2. The van der Waals surface area contributed by atoms with Crippen LogP contribution in [-0.4, -0.2) is 12.5 Å². The summed E-state index contributed by atoms with van der Waals surface area (Å²) in [7, 11) is 0. The van der Waals surface area contributed by atoms with Gasteiger partial charge in [0.2, 0.25) is 5.91 Å². The molecule has 0 radical (unpaired) electrons. The first-order valence-electron chi connectivity index (χ1n) is 6.95. The van der Waals surface area contributed by atoms with Crippen LogP contribution in [0, 0.1) is 0 Å². The lowest BCUT2D eigenvalue weighted by Gasteiger charge is -2.33. The Morgan fingerprint density at radius 2 is 1.71 bits per heavy atom. The predicted molar refractivity (Wildman–Crippen MR) is 87.2 cm³/mol. The Kier molecular flexibility index (Phi) is 4.18. The van der Waals surface area contributed by atoms with Crippen LogP contribution in [0.4, 0.5) is 5.69 Å². The molecule has 0 saturated carbocycles. The Morgan fingerprint density at radius 1 is 1.00 bits per heavy atom. The van der Waals surface area contributed by atoms with Crippen molar-refractivity contribution in [3.8, 4) is 0 Å². The van der Waals surface area contributed by atoms with Crippen molar-refractivity contribution in [2.45, 2.75) is 18.8 Å². The number of anilines is 1. The van der Waals surface area contributed by atoms with Crippen molar-refractivity contribution in [3.63, 3.8) is 0 Å². The van der Waals surface area contributed by atoms with Gasteiger partial charge in [-0.25, -0.2) is 0 Å². The van der Waals surface area contributed by atoms with Gasteiger partial charge >= 0.3 is 0 Å². The third-order valence-electron chi connectivity index (χ3n) is 3.85. The van der Waals surface area contributed by atoms with Crippen molar-refractivity contribution in [1.29, 1.82) is 0 Å². The number of halogens is 2. The second kappa shape index (κ2) is 6.08. The van der Waals surface area contributed by atoms with Crippen molar-refractivity contribution < 1.29 is 4.79 Å². The van der Waals surface area contributed by atoms with E-state index in [4.69, 9.17) is 23.2 Å². The minimum Gasteiger partial charge on any atom is -0.312 e. The summed E-state index contributed by atoms with van der Waals surface area (Å²) in [6.45, 7) is 0.666. The Morgan fingerprint density at radius 3 is 2.43 bits per heavy atom. The average molecular weight is 320 g/mol. The number of nitrogens with zero attached hydrogens (tertiary/aromatic N) is 1. The van der Waals surface area contributed by atoms with E-state index >= 15 is 0 Å². The number of hydrogen-bond acceptors (Lipinski definition) is 1. The number of piperidine rings is 1. The molecule has 0 bridgehead atoms. The van der Waals surface area contributed by atoms with Crippen LogP contribution in [0.15, 0.2) is 48.5 Å². The zero-order chi connectivity index (χ0) is 14.8. The van der Waals surface area contributed by atoms with Gasteiger partial charge in [-0.05, 0) is 42.3 Å². The number of carbonyl (C=O) groups excluding carboxylic acids is 1. The van der Waals surface area contributed by atoms with E-state index in [1.807, 2.05) is 47.4 Å². The van der Waals surface area contributed by atoms with E-state index in [0.717, 1.165) is 17.1 Å². The first kappa shape index (κ1) is 14.4. The Balaban J connectivity index is 1.86. The predicted octanol–water partition coefficient (Wildman–Crippen LogP) is 4.90. The molecule has 4 heteroatoms. The second-order valence-corrected chi connectivity index (χ2v) is 6.15. The standard InChI is InChI=1S/C17H15Cl2NO/c18-14-4-1-3-12(9-14)13-7-8-17(21)20(11-13)16-6-2-5-15(19)10-16/h1-6,9-10,13H,7-8,11H2/t13-/m0/s1. The van der Waals surface area contributed by atoms with Gasteiger partial charge in [0.05, 0.1) is 0 Å². The topological polar surface area (TPSA) is 20.3 Å². The molecule has 0 spiro atoms. The highest BCUT2D eigenvalue weighted by Crippen LogP contribution is 2.32. The summed E-state index contributed by atoms with van der Waals surface area (Å²) >= 11 is 12.1. The highest BCUT2D eigenvalue weighted by molar-refractivity contribution is 6.31. The smallest absolute Gasteiger partial charge is 0.227 e. The van der Waals surface area contributed by atoms with Crippen LogP contribution in [0.5, 0.6) is 0 Å². The molecular formula is C17H15Cl2NO. The molecule has 1 fully saturated rings. The van der Waals surface area contributed by atoms with Crippen LogP contribution in [0.25, 0.3) is 0 Å². The fourth-order valence-electron chi connectivity index (χ4n) is 2.77. The van der Waals surface area contributed by atoms with Gasteiger partial charge in [0.1, 0.15) is 0 Å². The van der Waals surface area contributed by atoms with Crippen LogP contribution in [0.1, 0.15) is 24.3 Å². The minimum absolute atomic E-state index is 0.149. The van der Waals surface area contributed by atoms with E-state index in [1.165, 1.54) is 5.56 Å². The normalized spacial score (nSPS) is 18.9. The molecule has 2 aromatic carbocycles. The minimum atomic E-state index is 0.149. The van der Waals surface area contributed by atoms with Gasteiger partial charge in [-0.3, -0.25) is 4.79 Å². The maximum Gasteiger partial charge on any atom is 0.227 e. The third kappa shape index (κ3) is 3.22. The van der Waals surface area contributed by atoms with Crippen LogP contribution < -0.4 is 4.90 Å². The molecule has 1 atom stereocenters. The summed E-state index contributed by atoms with van der Waals surface area (Å²) in [5.41, 5.74) is 2.04. The summed E-state index contributed by atoms with van der Waals surface area (Å²) in [6, 6.07) is 15.3. The van der Waals surface area contributed by atoms with Crippen LogP contribution in [0.3, 0.4) is 0 Å². The van der Waals surface area contributed by atoms with Crippen molar-refractivity contribution >= 4 is 34.8 Å². The zero-order valence-electron chi connectivity index (χ0n) is 11.4. The maximum atomic E-state index is 12.2. The molecule has 1 amide bonds. The summed E-state index contributed by atoms with van der Waals surface area (Å²) in [6.07, 6.45) is 1.40. The van der Waals surface area contributed by atoms with Crippen LogP contribution >= 0.6 is 23.2 Å². The average Bonchev–Trinajstić information content (AvgIpc) is 2.47. The van der Waals surface area contributed by atoms with Crippen LogP contribution in [-0.2, 0) is 4.79 Å². The van der Waals surface area contributed by atoms with E-state index in [2.05, 4.69) is 6.07 Å². The third-order valence-corrected chi connectivity index (χ3v) is 4.32. The Labute approximate surface area is 134 Å². The van der Waals surface area contributed by atoms with Crippen molar-refractivity contribution in [2.75, 3.05) is 11.4 Å². The van der Waals surface area contributed by atoms with E-state index in [1.54, 1.807) is 0 Å². The number of carbonyl (C=O) groups is 1. The molecule has 108 valence electrons. The van der Waals surface area contributed by atoms with Gasteiger partial charge in [-0.15, -0.1) is 0 Å². The number of rotatable bonds is 2. The van der Waals surface area contributed by atoms with Gasteiger partial charge in [0.15, 0.2) is 0 Å². The zero-order valence-corrected chi connectivity index (χ0v) is 12.9. The van der Waals surface area contributed by atoms with E-state index in [-0.39, 0.29) is 5.91 Å². The molecule has 0 unspecified atom stereocenters. The fraction of sp³-hybridized carbons (Fsp3) is 0.235. The summed E-state index contributed by atoms with van der Waals surface area (Å²) in [5.74, 6) is 0.455. The molecule has 2 aromatic rings. The highest BCUT2D eigenvalue weighted by atomic mass is 35.5. The second-order valence-electron chi connectivity index (χ2n) is 5.27. The summed E-state index contributed by atoms with van der Waals surface area (Å²) in [5, 5.41) is 1.38. The van der Waals surface area contributed by atoms with Crippen molar-refractivity contribution in [2.24, 2.45) is 0 Å².